The average Bonchev–Trinajstić information content (AvgIpc) is 3.73. The molecule has 0 amide bonds. The van der Waals surface area contributed by atoms with Gasteiger partial charge in [0.1, 0.15) is 17.9 Å². The second kappa shape index (κ2) is 11.2. The van der Waals surface area contributed by atoms with Crippen molar-refractivity contribution in [2.24, 2.45) is 4.99 Å². The monoisotopic (exact) mass is 665 g/mol. The third kappa shape index (κ3) is 5.68. The normalized spacial score (nSPS) is 23.4. The predicted octanol–water partition coefficient (Wildman–Crippen LogP) is 5.38. The number of hydrogen-bond acceptors (Lipinski definition) is 7. The zero-order chi connectivity index (χ0) is 30.7. The summed E-state index contributed by atoms with van der Waals surface area (Å²) in [4.78, 5) is 10.8. The molecule has 9 nitrogen and oxygen atoms in total. The Morgan fingerprint density at radius 3 is 2.63 bits per heavy atom. The molecule has 18 heteroatoms. The Balaban J connectivity index is 1.45. The van der Waals surface area contributed by atoms with E-state index in [0.717, 1.165) is 12.3 Å². The van der Waals surface area contributed by atoms with Gasteiger partial charge >= 0.3 is 12.7 Å². The standard InChI is InChI=1S/C25H22ClF6N7O2S2/c26-16-10-13(27)3-4-15(16)21-20(17-5-8-38(35-17)24(28)29)18-11-14(12-37(18)22(34-21)23-33-6-9-42-23)36-43(40,41)39-7-1-2-19(39)25(30,31)32/h3-6,8-10,14,19,21,24,36H,1-2,7,11-12H2/t14-,19+,21-/m0/s1. The van der Waals surface area contributed by atoms with E-state index in [0.29, 0.717) is 36.7 Å². The van der Waals surface area contributed by atoms with Crippen LogP contribution in [0.15, 0.2) is 52.7 Å². The lowest BCUT2D eigenvalue weighted by Crippen LogP contribution is -2.52. The SMILES string of the molecule is O=S(=O)(N[C@H]1CC2=C(c3ccn(C(F)F)n3)[C@H](c3ccc(F)cc3Cl)N=C(c3nccs3)N2C1)N1CCC[C@@H]1C(F)(F)F. The summed E-state index contributed by atoms with van der Waals surface area (Å²) in [6, 6.07) is 0.963. The highest BCUT2D eigenvalue weighted by Gasteiger charge is 2.51. The molecule has 3 atom stereocenters. The van der Waals surface area contributed by atoms with Crippen molar-refractivity contribution in [3.63, 3.8) is 0 Å². The quantitative estimate of drug-likeness (QED) is 0.342. The molecule has 5 heterocycles. The molecule has 0 radical (unpaired) electrons. The van der Waals surface area contributed by atoms with Crippen molar-refractivity contribution in [3.05, 3.63) is 74.8 Å². The molecule has 0 unspecified atom stereocenters. The molecule has 0 saturated carbocycles. The van der Waals surface area contributed by atoms with Gasteiger partial charge in [-0.15, -0.1) is 11.3 Å². The maximum atomic E-state index is 14.0. The number of hydrogen-bond donors (Lipinski definition) is 1. The van der Waals surface area contributed by atoms with Crippen LogP contribution in [0.2, 0.25) is 5.02 Å². The highest BCUT2D eigenvalue weighted by molar-refractivity contribution is 7.87. The predicted molar refractivity (Wildman–Crippen MR) is 146 cm³/mol. The van der Waals surface area contributed by atoms with Crippen LogP contribution in [0.1, 0.15) is 48.1 Å². The minimum atomic E-state index is -4.73. The molecule has 2 saturated heterocycles. The summed E-state index contributed by atoms with van der Waals surface area (Å²) in [5.74, 6) is -0.302. The van der Waals surface area contributed by atoms with Crippen molar-refractivity contribution in [1.82, 2.24) is 28.7 Å². The van der Waals surface area contributed by atoms with E-state index < -0.39 is 46.9 Å². The summed E-state index contributed by atoms with van der Waals surface area (Å²) in [6.07, 6.45) is -2.45. The van der Waals surface area contributed by atoms with Crippen molar-refractivity contribution < 1.29 is 34.8 Å². The molecule has 1 N–H and O–H groups in total. The topological polar surface area (TPSA) is 95.7 Å². The molecular formula is C25H22ClF6N7O2S2. The summed E-state index contributed by atoms with van der Waals surface area (Å²) < 4.78 is 112. The van der Waals surface area contributed by atoms with E-state index in [1.54, 1.807) is 10.3 Å². The van der Waals surface area contributed by atoms with Crippen molar-refractivity contribution >= 4 is 44.6 Å². The minimum absolute atomic E-state index is 0.00885. The van der Waals surface area contributed by atoms with Crippen LogP contribution in [-0.2, 0) is 10.2 Å². The van der Waals surface area contributed by atoms with Gasteiger partial charge in [-0.1, -0.05) is 17.7 Å². The van der Waals surface area contributed by atoms with Crippen LogP contribution >= 0.6 is 22.9 Å². The molecule has 2 fully saturated rings. The van der Waals surface area contributed by atoms with Crippen LogP contribution < -0.4 is 4.72 Å². The number of benzene rings is 1. The molecule has 0 bridgehead atoms. The third-order valence-corrected chi connectivity index (χ3v) is 10.2. The van der Waals surface area contributed by atoms with Gasteiger partial charge in [-0.2, -0.15) is 44.5 Å². The smallest absolute Gasteiger partial charge is 0.326 e. The number of alkyl halides is 5. The maximum Gasteiger partial charge on any atom is 0.405 e. The fourth-order valence-corrected chi connectivity index (χ4v) is 8.22. The first-order chi connectivity index (χ1) is 20.3. The number of aliphatic imine (C=N–C) groups is 1. The molecular weight excluding hydrogens is 644 g/mol. The van der Waals surface area contributed by atoms with Crippen LogP contribution in [-0.4, -0.2) is 69.6 Å². The molecule has 1 aromatic carbocycles. The largest absolute Gasteiger partial charge is 0.405 e. The van der Waals surface area contributed by atoms with Crippen molar-refractivity contribution in [2.75, 3.05) is 13.1 Å². The minimum Gasteiger partial charge on any atom is -0.326 e. The Morgan fingerprint density at radius 1 is 1.19 bits per heavy atom. The van der Waals surface area contributed by atoms with Gasteiger partial charge in [-0.25, -0.2) is 14.1 Å². The van der Waals surface area contributed by atoms with Gasteiger partial charge in [0.05, 0.1) is 5.69 Å². The molecule has 0 aliphatic carbocycles. The van der Waals surface area contributed by atoms with Gasteiger partial charge in [0.2, 0.25) is 0 Å². The van der Waals surface area contributed by atoms with Crippen molar-refractivity contribution in [3.8, 4) is 0 Å². The first kappa shape index (κ1) is 30.1. The van der Waals surface area contributed by atoms with Gasteiger partial charge in [-0.05, 0) is 31.0 Å². The lowest BCUT2D eigenvalue weighted by Gasteiger charge is -2.32. The number of halogens is 7. The number of rotatable bonds is 7. The van der Waals surface area contributed by atoms with Crippen LogP contribution in [0.5, 0.6) is 0 Å². The Hall–Kier alpha value is -2.99. The Labute approximate surface area is 250 Å². The second-order valence-corrected chi connectivity index (χ2v) is 13.1. The molecule has 230 valence electrons. The molecule has 6 rings (SSSR count). The van der Waals surface area contributed by atoms with Crippen LogP contribution in [0.25, 0.3) is 5.57 Å². The Morgan fingerprint density at radius 2 is 1.98 bits per heavy atom. The average molecular weight is 666 g/mol. The van der Waals surface area contributed by atoms with Gasteiger partial charge < -0.3 is 4.90 Å². The van der Waals surface area contributed by atoms with E-state index in [2.05, 4.69) is 14.8 Å². The van der Waals surface area contributed by atoms with E-state index in [1.807, 2.05) is 0 Å². The summed E-state index contributed by atoms with van der Waals surface area (Å²) in [6.45, 7) is -3.28. The van der Waals surface area contributed by atoms with E-state index in [4.69, 9.17) is 16.6 Å². The fourth-order valence-electron chi connectivity index (χ4n) is 5.67. The van der Waals surface area contributed by atoms with Crippen molar-refractivity contribution in [2.45, 2.75) is 50.1 Å². The van der Waals surface area contributed by atoms with Crippen LogP contribution in [0.3, 0.4) is 0 Å². The van der Waals surface area contributed by atoms with Gasteiger partial charge in [0.15, 0.2) is 10.8 Å². The first-order valence-electron chi connectivity index (χ1n) is 13.0. The number of nitrogens with one attached hydrogen (secondary N) is 1. The van der Waals surface area contributed by atoms with Gasteiger partial charge in [-0.3, -0.25) is 4.99 Å². The van der Waals surface area contributed by atoms with E-state index >= 15 is 0 Å². The number of amidine groups is 1. The maximum absolute atomic E-state index is 14.0. The first-order valence-corrected chi connectivity index (χ1v) is 15.7. The number of aromatic nitrogens is 3. The molecule has 3 aliphatic rings. The number of fused-ring (bicyclic) bond motifs is 1. The number of nitrogens with zero attached hydrogens (tertiary/aromatic N) is 6. The molecule has 3 aliphatic heterocycles. The summed E-state index contributed by atoms with van der Waals surface area (Å²) in [5.41, 5.74) is 1.17. The lowest BCUT2D eigenvalue weighted by atomic mass is 9.92. The summed E-state index contributed by atoms with van der Waals surface area (Å²) in [7, 11) is -4.58. The Kier molecular flexibility index (Phi) is 7.81. The molecule has 3 aromatic rings. The molecule has 43 heavy (non-hydrogen) atoms. The molecule has 2 aromatic heterocycles. The zero-order valence-electron chi connectivity index (χ0n) is 21.8. The Bertz CT molecular complexity index is 1690. The van der Waals surface area contributed by atoms with E-state index in [-0.39, 0.29) is 43.1 Å². The van der Waals surface area contributed by atoms with E-state index in [1.165, 1.54) is 35.7 Å². The number of thiazole rings is 1. The van der Waals surface area contributed by atoms with Crippen molar-refractivity contribution in [1.29, 1.82) is 0 Å². The molecule has 0 spiro atoms. The fraction of sp³-hybridized carbons (Fsp3) is 0.400. The second-order valence-electron chi connectivity index (χ2n) is 10.1. The van der Waals surface area contributed by atoms with E-state index in [9.17, 15) is 34.8 Å². The highest BCUT2D eigenvalue weighted by Crippen LogP contribution is 2.46. The van der Waals surface area contributed by atoms with Crippen LogP contribution in [0, 0.1) is 5.82 Å². The zero-order valence-corrected chi connectivity index (χ0v) is 24.2. The third-order valence-electron chi connectivity index (χ3n) is 7.43. The van der Waals surface area contributed by atoms with Crippen LogP contribution in [0.4, 0.5) is 26.3 Å². The van der Waals surface area contributed by atoms with Gasteiger partial charge in [0.25, 0.3) is 10.2 Å². The summed E-state index contributed by atoms with van der Waals surface area (Å²) >= 11 is 7.67. The lowest BCUT2D eigenvalue weighted by molar-refractivity contribution is -0.165. The van der Waals surface area contributed by atoms with Gasteiger partial charge in [0, 0.05) is 65.2 Å². The highest BCUT2D eigenvalue weighted by atomic mass is 35.5. The summed E-state index contributed by atoms with van der Waals surface area (Å²) in [5, 5.41) is 6.16.